The molecule has 0 N–H and O–H groups in total. The van der Waals surface area contributed by atoms with E-state index in [0.717, 1.165) is 0 Å². The molecule has 0 aliphatic heterocycles. The first-order chi connectivity index (χ1) is 4.55. The third-order valence-corrected chi connectivity index (χ3v) is 3.04. The summed E-state index contributed by atoms with van der Waals surface area (Å²) in [5, 5.41) is 0. The maximum absolute atomic E-state index is 2.28. The Kier molecular flexibility index (Phi) is 14.7. The van der Waals surface area contributed by atoms with Crippen LogP contribution >= 0.6 is 0 Å². The minimum Gasteiger partial charge on any atom is -0.358 e. The zero-order valence-electron chi connectivity index (χ0n) is 11.1. The van der Waals surface area contributed by atoms with Gasteiger partial charge in [0.1, 0.15) is 0 Å². The van der Waals surface area contributed by atoms with Crippen molar-refractivity contribution in [2.45, 2.75) is 34.6 Å². The van der Waals surface area contributed by atoms with Crippen molar-refractivity contribution < 1.29 is 25.8 Å². The van der Waals surface area contributed by atoms with Crippen molar-refractivity contribution in [3.05, 3.63) is 44.6 Å². The van der Waals surface area contributed by atoms with Gasteiger partial charge < -0.3 is 22.3 Å². The van der Waals surface area contributed by atoms with Crippen LogP contribution in [0.25, 0.3) is 0 Å². The number of rotatable bonds is 0. The summed E-state index contributed by atoms with van der Waals surface area (Å²) in [7, 11) is 0. The van der Waals surface area contributed by atoms with Gasteiger partial charge in [0.05, 0.1) is 0 Å². The van der Waals surface area contributed by atoms with Crippen LogP contribution in [-0.2, 0) is 25.8 Å². The molecule has 1 rings (SSSR count). The average molecular weight is 360 g/mol. The summed E-state index contributed by atoms with van der Waals surface area (Å²) in [6.07, 6.45) is 0. The first-order valence-corrected chi connectivity index (χ1v) is 3.90. The molecule has 0 spiro atoms. The quantitative estimate of drug-likeness (QED) is 0.436. The molecule has 0 saturated carbocycles. The first-order valence-electron chi connectivity index (χ1n) is 3.90. The molecule has 1 aliphatic carbocycles. The predicted molar refractivity (Wildman–Crippen MR) is 65.2 cm³/mol. The second kappa shape index (κ2) is 8.64. The zero-order valence-corrected chi connectivity index (χ0v) is 14.7. The van der Waals surface area contributed by atoms with Gasteiger partial charge in [-0.2, -0.15) is 0 Å². The minimum absolute atomic E-state index is 0. The van der Waals surface area contributed by atoms with E-state index in [0.29, 0.717) is 5.92 Å². The second-order valence-corrected chi connectivity index (χ2v) is 3.34. The molecule has 0 unspecified atom stereocenters. The fourth-order valence-electron chi connectivity index (χ4n) is 1.57. The SMILES string of the molecule is CC1=C(C)C(C)C(C)=C1C.[CH3-].[CH3-].[CH3-].[Hf]. The summed E-state index contributed by atoms with van der Waals surface area (Å²) in [5.41, 5.74) is 6.11. The molecular weight excluding hydrogens is 335 g/mol. The smallest absolute Gasteiger partial charge is 0 e. The van der Waals surface area contributed by atoms with E-state index >= 15 is 0 Å². The fourth-order valence-corrected chi connectivity index (χ4v) is 1.57. The molecule has 0 aromatic rings. The van der Waals surface area contributed by atoms with Crippen molar-refractivity contribution in [3.63, 3.8) is 0 Å². The Balaban J connectivity index is -0.000000125. The largest absolute Gasteiger partial charge is 0.358 e. The molecule has 0 amide bonds. The zero-order chi connectivity index (χ0) is 7.89. The Bertz CT molecular complexity index is 197. The van der Waals surface area contributed by atoms with Crippen LogP contribution in [0.15, 0.2) is 22.3 Å². The summed E-state index contributed by atoms with van der Waals surface area (Å²) in [4.78, 5) is 0. The van der Waals surface area contributed by atoms with Crippen LogP contribution in [0.4, 0.5) is 0 Å². The van der Waals surface area contributed by atoms with Crippen LogP contribution < -0.4 is 0 Å². The Morgan fingerprint density at radius 2 is 0.929 bits per heavy atom. The molecule has 0 nitrogen and oxygen atoms in total. The van der Waals surface area contributed by atoms with Gasteiger partial charge in [-0.3, -0.25) is 0 Å². The number of hydrogen-bond donors (Lipinski definition) is 0. The van der Waals surface area contributed by atoms with Gasteiger partial charge >= 0.3 is 0 Å². The monoisotopic (exact) mass is 361 g/mol. The molecule has 0 radical (unpaired) electrons. The molecule has 84 valence electrons. The Morgan fingerprint density at radius 1 is 0.714 bits per heavy atom. The van der Waals surface area contributed by atoms with Gasteiger partial charge in [0.25, 0.3) is 0 Å². The molecule has 0 atom stereocenters. The van der Waals surface area contributed by atoms with Crippen molar-refractivity contribution in [3.8, 4) is 0 Å². The average Bonchev–Trinajstić information content (AvgIpc) is 2.07. The van der Waals surface area contributed by atoms with Gasteiger partial charge in [-0.05, 0) is 44.8 Å². The Morgan fingerprint density at radius 3 is 1.00 bits per heavy atom. The van der Waals surface area contributed by atoms with E-state index in [9.17, 15) is 0 Å². The number of hydrogen-bond acceptors (Lipinski definition) is 0. The minimum atomic E-state index is 0. The van der Waals surface area contributed by atoms with Crippen molar-refractivity contribution >= 4 is 0 Å². The van der Waals surface area contributed by atoms with Gasteiger partial charge in [0.15, 0.2) is 0 Å². The molecule has 1 heteroatoms. The van der Waals surface area contributed by atoms with Crippen molar-refractivity contribution in [2.24, 2.45) is 5.92 Å². The molecule has 0 fully saturated rings. The molecule has 14 heavy (non-hydrogen) atoms. The Labute approximate surface area is 111 Å². The van der Waals surface area contributed by atoms with E-state index in [1.54, 1.807) is 11.1 Å². The second-order valence-electron chi connectivity index (χ2n) is 3.34. The van der Waals surface area contributed by atoms with Crippen LogP contribution in [0.1, 0.15) is 34.6 Å². The molecule has 1 aliphatic rings. The van der Waals surface area contributed by atoms with Gasteiger partial charge in [0, 0.05) is 25.8 Å². The van der Waals surface area contributed by atoms with Crippen LogP contribution in [0.2, 0.25) is 0 Å². The van der Waals surface area contributed by atoms with E-state index < -0.39 is 0 Å². The summed E-state index contributed by atoms with van der Waals surface area (Å²) >= 11 is 0. The molecule has 0 bridgehead atoms. The van der Waals surface area contributed by atoms with E-state index in [1.165, 1.54) is 11.1 Å². The topological polar surface area (TPSA) is 0 Å². The van der Waals surface area contributed by atoms with E-state index in [1.807, 2.05) is 0 Å². The van der Waals surface area contributed by atoms with Gasteiger partial charge in [-0.25, -0.2) is 0 Å². The molecule has 0 saturated heterocycles. The summed E-state index contributed by atoms with van der Waals surface area (Å²) < 4.78 is 0. The third kappa shape index (κ3) is 3.84. The van der Waals surface area contributed by atoms with Crippen LogP contribution in [0, 0.1) is 28.2 Å². The molecule has 0 aromatic carbocycles. The first kappa shape index (κ1) is 23.9. The van der Waals surface area contributed by atoms with Crippen molar-refractivity contribution in [2.75, 3.05) is 0 Å². The van der Waals surface area contributed by atoms with Crippen molar-refractivity contribution in [1.29, 1.82) is 0 Å². The molecule has 0 heterocycles. The summed E-state index contributed by atoms with van der Waals surface area (Å²) in [6.45, 7) is 11.2. The van der Waals surface area contributed by atoms with E-state index in [-0.39, 0.29) is 48.1 Å². The predicted octanol–water partition coefficient (Wildman–Crippen LogP) is 4.66. The van der Waals surface area contributed by atoms with Crippen LogP contribution in [0.5, 0.6) is 0 Å². The van der Waals surface area contributed by atoms with Crippen molar-refractivity contribution in [1.82, 2.24) is 0 Å². The van der Waals surface area contributed by atoms with Crippen LogP contribution in [-0.4, -0.2) is 0 Å². The third-order valence-electron chi connectivity index (χ3n) is 3.04. The van der Waals surface area contributed by atoms with Gasteiger partial charge in [0.2, 0.25) is 0 Å². The van der Waals surface area contributed by atoms with E-state index in [2.05, 4.69) is 34.6 Å². The molecule has 0 aromatic heterocycles. The normalized spacial score (nSPS) is 15.2. The van der Waals surface area contributed by atoms with Gasteiger partial charge in [-0.1, -0.05) is 18.1 Å². The summed E-state index contributed by atoms with van der Waals surface area (Å²) in [5.74, 6) is 0.694. The van der Waals surface area contributed by atoms with Gasteiger partial charge in [-0.15, -0.1) is 0 Å². The standard InChI is InChI=1S/C10H16.3CH3.Hf/c1-6-7(2)9(4)10(5)8(6)3;;;;/h6H,1-5H3;3*1H3;/q;3*-1;. The maximum atomic E-state index is 2.28. The fraction of sp³-hybridized carbons (Fsp3) is 0.462. The van der Waals surface area contributed by atoms with Crippen LogP contribution in [0.3, 0.4) is 0 Å². The number of allylic oxidation sites excluding steroid dienone is 4. The maximum Gasteiger partial charge on any atom is 0 e. The Hall–Kier alpha value is 0.350. The molecular formula is C13H25Hf-3. The van der Waals surface area contributed by atoms with E-state index in [4.69, 9.17) is 0 Å². The summed E-state index contributed by atoms with van der Waals surface area (Å²) in [6, 6.07) is 0.